The molecule has 0 atom stereocenters. The Morgan fingerprint density at radius 3 is 2.50 bits per heavy atom. The largest absolute Gasteiger partial charge is 0.398 e. The molecule has 1 aliphatic carbocycles. The maximum Gasteiger partial charge on any atom is 0.253 e. The van der Waals surface area contributed by atoms with Crippen LogP contribution >= 0.6 is 0 Å². The van der Waals surface area contributed by atoms with E-state index in [2.05, 4.69) is 6.07 Å². The van der Waals surface area contributed by atoms with Crippen molar-refractivity contribution in [1.29, 1.82) is 5.26 Å². The highest BCUT2D eigenvalue weighted by Gasteiger charge is 2.39. The predicted octanol–water partition coefficient (Wildman–Crippen LogP) is 4.51. The molecule has 0 spiro atoms. The molecule has 1 heterocycles. The quantitative estimate of drug-likeness (QED) is 0.800. The standard InChI is InChI=1S/C23H24FN3O/c24-23(20-7-2-1-4-18(20)15-25)10-12-27(13-11-23)22(28)17-8-9-19(21(26)14-17)16-5-3-6-16/h1-2,4,7-9,14,16H,3,5-6,10-13,26H2. The number of hydrogen-bond acceptors (Lipinski definition) is 3. The van der Waals surface area contributed by atoms with E-state index in [1.165, 1.54) is 6.42 Å². The van der Waals surface area contributed by atoms with Crippen LogP contribution in [0.15, 0.2) is 42.5 Å². The van der Waals surface area contributed by atoms with Crippen molar-refractivity contribution in [2.75, 3.05) is 18.8 Å². The number of likely N-dealkylation sites (tertiary alicyclic amines) is 1. The second-order valence-corrected chi connectivity index (χ2v) is 7.89. The van der Waals surface area contributed by atoms with Crippen LogP contribution in [-0.2, 0) is 5.67 Å². The first-order valence-corrected chi connectivity index (χ1v) is 9.89. The van der Waals surface area contributed by atoms with E-state index in [0.717, 1.165) is 18.4 Å². The fourth-order valence-electron chi connectivity index (χ4n) is 4.29. The van der Waals surface area contributed by atoms with Gasteiger partial charge >= 0.3 is 0 Å². The van der Waals surface area contributed by atoms with Gasteiger partial charge in [-0.2, -0.15) is 5.26 Å². The van der Waals surface area contributed by atoms with Gasteiger partial charge in [-0.3, -0.25) is 4.79 Å². The number of nitrogens with two attached hydrogens (primary N) is 1. The molecule has 0 aromatic heterocycles. The van der Waals surface area contributed by atoms with Crippen molar-refractivity contribution in [3.8, 4) is 6.07 Å². The average Bonchev–Trinajstić information content (AvgIpc) is 2.68. The van der Waals surface area contributed by atoms with E-state index in [-0.39, 0.29) is 18.7 Å². The molecule has 2 aromatic carbocycles. The highest BCUT2D eigenvalue weighted by molar-refractivity contribution is 5.95. The Bertz CT molecular complexity index is 937. The smallest absolute Gasteiger partial charge is 0.253 e. The fourth-order valence-corrected chi connectivity index (χ4v) is 4.29. The number of nitriles is 1. The first-order valence-electron chi connectivity index (χ1n) is 9.89. The predicted molar refractivity (Wildman–Crippen MR) is 107 cm³/mol. The molecule has 1 saturated carbocycles. The monoisotopic (exact) mass is 377 g/mol. The van der Waals surface area contributed by atoms with E-state index >= 15 is 4.39 Å². The van der Waals surface area contributed by atoms with Gasteiger partial charge in [0.15, 0.2) is 0 Å². The van der Waals surface area contributed by atoms with Crippen molar-refractivity contribution in [2.24, 2.45) is 0 Å². The van der Waals surface area contributed by atoms with E-state index in [0.29, 0.717) is 41.4 Å². The lowest BCUT2D eigenvalue weighted by molar-refractivity contribution is 0.0420. The number of benzene rings is 2. The molecule has 1 aliphatic heterocycles. The number of anilines is 1. The Hall–Kier alpha value is -2.87. The summed E-state index contributed by atoms with van der Waals surface area (Å²) >= 11 is 0. The number of rotatable bonds is 3. The maximum absolute atomic E-state index is 15.5. The third kappa shape index (κ3) is 3.24. The second kappa shape index (κ2) is 7.27. The van der Waals surface area contributed by atoms with Gasteiger partial charge in [-0.15, -0.1) is 0 Å². The van der Waals surface area contributed by atoms with Crippen LogP contribution < -0.4 is 5.73 Å². The fraction of sp³-hybridized carbons (Fsp3) is 0.391. The van der Waals surface area contributed by atoms with Crippen molar-refractivity contribution in [1.82, 2.24) is 4.90 Å². The number of carbonyl (C=O) groups is 1. The van der Waals surface area contributed by atoms with Crippen molar-refractivity contribution >= 4 is 11.6 Å². The van der Waals surface area contributed by atoms with Crippen molar-refractivity contribution in [2.45, 2.75) is 43.7 Å². The molecule has 0 radical (unpaired) electrons. The molecule has 0 bridgehead atoms. The van der Waals surface area contributed by atoms with Gasteiger partial charge in [0.2, 0.25) is 0 Å². The molecule has 1 amide bonds. The molecule has 4 nitrogen and oxygen atoms in total. The van der Waals surface area contributed by atoms with Crippen LogP contribution in [0.25, 0.3) is 0 Å². The molecular weight excluding hydrogens is 353 g/mol. The number of halogens is 1. The van der Waals surface area contributed by atoms with E-state index in [9.17, 15) is 10.1 Å². The van der Waals surface area contributed by atoms with Crippen LogP contribution in [-0.4, -0.2) is 23.9 Å². The third-order valence-corrected chi connectivity index (χ3v) is 6.25. The summed E-state index contributed by atoms with van der Waals surface area (Å²) in [6.45, 7) is 0.638. The average molecular weight is 377 g/mol. The minimum absolute atomic E-state index is 0.109. The van der Waals surface area contributed by atoms with Gasteiger partial charge in [-0.25, -0.2) is 4.39 Å². The Morgan fingerprint density at radius 2 is 1.89 bits per heavy atom. The van der Waals surface area contributed by atoms with Gasteiger partial charge in [-0.1, -0.05) is 30.7 Å². The van der Waals surface area contributed by atoms with Gasteiger partial charge in [0, 0.05) is 42.7 Å². The topological polar surface area (TPSA) is 70.1 Å². The lowest BCUT2D eigenvalue weighted by Crippen LogP contribution is -2.43. The summed E-state index contributed by atoms with van der Waals surface area (Å²) in [5.74, 6) is 0.411. The number of piperidine rings is 1. The molecule has 4 rings (SSSR count). The van der Waals surface area contributed by atoms with Crippen LogP contribution in [0.4, 0.5) is 10.1 Å². The first kappa shape index (κ1) is 18.5. The zero-order chi connectivity index (χ0) is 19.7. The van der Waals surface area contributed by atoms with Crippen LogP contribution in [0.3, 0.4) is 0 Å². The molecule has 144 valence electrons. The van der Waals surface area contributed by atoms with Crippen LogP contribution in [0.5, 0.6) is 0 Å². The van der Waals surface area contributed by atoms with Crippen LogP contribution in [0.1, 0.15) is 65.1 Å². The minimum atomic E-state index is -1.57. The normalized spacial score (nSPS) is 18.9. The highest BCUT2D eigenvalue weighted by Crippen LogP contribution is 2.40. The van der Waals surface area contributed by atoms with E-state index in [1.54, 1.807) is 35.2 Å². The number of carbonyl (C=O) groups excluding carboxylic acids is 1. The lowest BCUT2D eigenvalue weighted by Gasteiger charge is -2.37. The van der Waals surface area contributed by atoms with E-state index < -0.39 is 5.67 Å². The molecule has 2 aromatic rings. The van der Waals surface area contributed by atoms with Crippen LogP contribution in [0, 0.1) is 11.3 Å². The summed E-state index contributed by atoms with van der Waals surface area (Å²) in [6.07, 6.45) is 3.93. The highest BCUT2D eigenvalue weighted by atomic mass is 19.1. The summed E-state index contributed by atoms with van der Waals surface area (Å²) in [7, 11) is 0. The van der Waals surface area contributed by atoms with Gasteiger partial charge in [0.1, 0.15) is 5.67 Å². The molecule has 0 unspecified atom stereocenters. The maximum atomic E-state index is 15.5. The number of hydrogen-bond donors (Lipinski definition) is 1. The summed E-state index contributed by atoms with van der Waals surface area (Å²) in [6, 6.07) is 14.5. The Labute approximate surface area is 164 Å². The molecule has 2 N–H and O–H groups in total. The SMILES string of the molecule is N#Cc1ccccc1C1(F)CCN(C(=O)c2ccc(C3CCC3)c(N)c2)CC1. The number of nitrogen functional groups attached to an aromatic ring is 1. The summed E-state index contributed by atoms with van der Waals surface area (Å²) in [5.41, 5.74) is 7.78. The van der Waals surface area contributed by atoms with Gasteiger partial charge in [0.05, 0.1) is 11.6 Å². The lowest BCUT2D eigenvalue weighted by atomic mass is 9.79. The number of amides is 1. The zero-order valence-corrected chi connectivity index (χ0v) is 15.8. The minimum Gasteiger partial charge on any atom is -0.398 e. The zero-order valence-electron chi connectivity index (χ0n) is 15.8. The number of alkyl halides is 1. The summed E-state index contributed by atoms with van der Waals surface area (Å²) in [4.78, 5) is 14.6. The molecule has 2 aliphatic rings. The summed E-state index contributed by atoms with van der Waals surface area (Å²) < 4.78 is 15.5. The van der Waals surface area contributed by atoms with Gasteiger partial charge < -0.3 is 10.6 Å². The number of nitrogens with zero attached hydrogens (tertiary/aromatic N) is 2. The second-order valence-electron chi connectivity index (χ2n) is 7.89. The summed E-state index contributed by atoms with van der Waals surface area (Å²) in [5, 5.41) is 9.27. The van der Waals surface area contributed by atoms with E-state index in [4.69, 9.17) is 5.73 Å². The van der Waals surface area contributed by atoms with Crippen molar-refractivity contribution in [3.05, 3.63) is 64.7 Å². The van der Waals surface area contributed by atoms with Crippen LogP contribution in [0.2, 0.25) is 0 Å². The van der Waals surface area contributed by atoms with Gasteiger partial charge in [0.25, 0.3) is 5.91 Å². The van der Waals surface area contributed by atoms with E-state index in [1.807, 2.05) is 12.1 Å². The Balaban J connectivity index is 1.47. The molecule has 1 saturated heterocycles. The molecular formula is C23H24FN3O. The van der Waals surface area contributed by atoms with Crippen molar-refractivity contribution in [3.63, 3.8) is 0 Å². The molecule has 5 heteroatoms. The Morgan fingerprint density at radius 1 is 1.18 bits per heavy atom. The third-order valence-electron chi connectivity index (χ3n) is 6.25. The first-order chi connectivity index (χ1) is 13.5. The molecule has 28 heavy (non-hydrogen) atoms. The Kier molecular flexibility index (Phi) is 4.80. The van der Waals surface area contributed by atoms with Gasteiger partial charge in [-0.05, 0) is 42.5 Å². The molecule has 2 fully saturated rings. The van der Waals surface area contributed by atoms with Crippen molar-refractivity contribution < 1.29 is 9.18 Å².